The third-order valence-corrected chi connectivity index (χ3v) is 2.74. The van der Waals surface area contributed by atoms with Crippen LogP contribution in [0.4, 0.5) is 5.69 Å². The van der Waals surface area contributed by atoms with Crippen LogP contribution in [-0.2, 0) is 9.47 Å². The minimum atomic E-state index is -0.427. The Labute approximate surface area is 99.1 Å². The highest BCUT2D eigenvalue weighted by Crippen LogP contribution is 2.21. The second-order valence-electron chi connectivity index (χ2n) is 4.10. The van der Waals surface area contributed by atoms with Crippen LogP contribution in [0, 0.1) is 5.92 Å². The summed E-state index contributed by atoms with van der Waals surface area (Å²) in [6.45, 7) is 1.74. The van der Waals surface area contributed by atoms with Gasteiger partial charge in [0.2, 0.25) is 0 Å². The molecule has 0 radical (unpaired) electrons. The summed E-state index contributed by atoms with van der Waals surface area (Å²) in [6.07, 6.45) is 0.922. The van der Waals surface area contributed by atoms with Crippen LogP contribution in [0.2, 0.25) is 0 Å². The van der Waals surface area contributed by atoms with Crippen molar-refractivity contribution in [3.05, 3.63) is 23.8 Å². The van der Waals surface area contributed by atoms with E-state index in [9.17, 15) is 9.90 Å². The van der Waals surface area contributed by atoms with Gasteiger partial charge in [0.1, 0.15) is 5.75 Å². The normalized spacial score (nSPS) is 19.2. The molecule has 0 saturated carbocycles. The van der Waals surface area contributed by atoms with E-state index >= 15 is 0 Å². The van der Waals surface area contributed by atoms with Gasteiger partial charge in [-0.25, -0.2) is 4.79 Å². The third-order valence-electron chi connectivity index (χ3n) is 2.74. The van der Waals surface area contributed by atoms with Crippen LogP contribution in [-0.4, -0.2) is 30.9 Å². The van der Waals surface area contributed by atoms with Crippen LogP contribution < -0.4 is 5.73 Å². The Balaban J connectivity index is 1.92. The first-order valence-electron chi connectivity index (χ1n) is 5.50. The van der Waals surface area contributed by atoms with Crippen LogP contribution in [0.3, 0.4) is 0 Å². The summed E-state index contributed by atoms with van der Waals surface area (Å²) >= 11 is 0. The molecule has 0 spiro atoms. The van der Waals surface area contributed by atoms with Gasteiger partial charge in [0.25, 0.3) is 0 Å². The molecule has 92 valence electrons. The lowest BCUT2D eigenvalue weighted by atomic mass is 10.1. The van der Waals surface area contributed by atoms with Gasteiger partial charge in [-0.1, -0.05) is 0 Å². The predicted molar refractivity (Wildman–Crippen MR) is 61.7 cm³/mol. The van der Waals surface area contributed by atoms with Crippen molar-refractivity contribution in [3.8, 4) is 5.75 Å². The molecular weight excluding hydrogens is 222 g/mol. The molecule has 0 aromatic heterocycles. The fourth-order valence-electron chi connectivity index (χ4n) is 1.67. The first-order chi connectivity index (χ1) is 8.16. The number of aromatic hydroxyl groups is 1. The molecule has 1 aliphatic rings. The maximum Gasteiger partial charge on any atom is 0.338 e. The first kappa shape index (κ1) is 11.7. The minimum absolute atomic E-state index is 0.0363. The van der Waals surface area contributed by atoms with Gasteiger partial charge in [-0.3, -0.25) is 0 Å². The number of carbonyl (C=O) groups is 1. The Morgan fingerprint density at radius 1 is 1.59 bits per heavy atom. The Hall–Kier alpha value is -1.75. The van der Waals surface area contributed by atoms with Gasteiger partial charge < -0.3 is 20.3 Å². The Kier molecular flexibility index (Phi) is 3.49. The van der Waals surface area contributed by atoms with Crippen LogP contribution in [0.25, 0.3) is 0 Å². The molecule has 0 bridgehead atoms. The van der Waals surface area contributed by atoms with E-state index in [0.29, 0.717) is 18.8 Å². The molecule has 1 fully saturated rings. The minimum Gasteiger partial charge on any atom is -0.506 e. The molecule has 1 aromatic rings. The largest absolute Gasteiger partial charge is 0.506 e. The molecule has 2 rings (SSSR count). The molecule has 1 aliphatic heterocycles. The summed E-state index contributed by atoms with van der Waals surface area (Å²) in [5, 5.41) is 9.23. The second kappa shape index (κ2) is 5.05. The van der Waals surface area contributed by atoms with Crippen LogP contribution in [0.15, 0.2) is 18.2 Å². The van der Waals surface area contributed by atoms with E-state index in [1.807, 2.05) is 0 Å². The molecule has 5 nitrogen and oxygen atoms in total. The summed E-state index contributed by atoms with van der Waals surface area (Å²) in [5.41, 5.74) is 6.02. The second-order valence-corrected chi connectivity index (χ2v) is 4.10. The molecule has 0 amide bonds. The first-order valence-corrected chi connectivity index (χ1v) is 5.50. The molecule has 1 saturated heterocycles. The van der Waals surface area contributed by atoms with E-state index in [0.717, 1.165) is 13.0 Å². The number of phenols is 1. The number of hydrogen-bond donors (Lipinski definition) is 2. The zero-order valence-corrected chi connectivity index (χ0v) is 9.39. The van der Waals surface area contributed by atoms with Crippen molar-refractivity contribution in [2.45, 2.75) is 6.42 Å². The standard InChI is InChI=1S/C12H15NO4/c13-10-5-9(1-2-11(10)14)12(15)17-7-8-3-4-16-6-8/h1-2,5,8,14H,3-4,6-7,13H2. The van der Waals surface area contributed by atoms with Crippen molar-refractivity contribution < 1.29 is 19.4 Å². The number of rotatable bonds is 3. The topological polar surface area (TPSA) is 81.8 Å². The maximum atomic E-state index is 11.7. The zero-order valence-electron chi connectivity index (χ0n) is 9.39. The summed E-state index contributed by atoms with van der Waals surface area (Å²) in [5.74, 6) is -0.178. The summed E-state index contributed by atoms with van der Waals surface area (Å²) < 4.78 is 10.3. The van der Waals surface area contributed by atoms with Gasteiger partial charge in [0, 0.05) is 12.5 Å². The summed E-state index contributed by atoms with van der Waals surface area (Å²) in [6, 6.07) is 4.27. The lowest BCUT2D eigenvalue weighted by Gasteiger charge is -2.09. The molecule has 1 atom stereocenters. The number of nitrogen functional groups attached to an aromatic ring is 1. The van der Waals surface area contributed by atoms with Gasteiger partial charge in [0.15, 0.2) is 0 Å². The number of nitrogens with two attached hydrogens (primary N) is 1. The number of anilines is 1. The molecule has 3 N–H and O–H groups in total. The number of ether oxygens (including phenoxy) is 2. The van der Waals surface area contributed by atoms with E-state index in [4.69, 9.17) is 15.2 Å². The van der Waals surface area contributed by atoms with Crippen molar-refractivity contribution in [2.24, 2.45) is 5.92 Å². The van der Waals surface area contributed by atoms with Gasteiger partial charge in [-0.05, 0) is 24.6 Å². The monoisotopic (exact) mass is 237 g/mol. The highest BCUT2D eigenvalue weighted by molar-refractivity contribution is 5.90. The Morgan fingerprint density at radius 3 is 3.06 bits per heavy atom. The average Bonchev–Trinajstić information content (AvgIpc) is 2.82. The number of hydrogen-bond acceptors (Lipinski definition) is 5. The van der Waals surface area contributed by atoms with Crippen molar-refractivity contribution in [1.29, 1.82) is 0 Å². The molecule has 0 aliphatic carbocycles. The lowest BCUT2D eigenvalue weighted by Crippen LogP contribution is -2.14. The molecule has 5 heteroatoms. The van der Waals surface area contributed by atoms with E-state index < -0.39 is 5.97 Å². The highest BCUT2D eigenvalue weighted by atomic mass is 16.5. The summed E-state index contributed by atoms with van der Waals surface area (Å²) in [7, 11) is 0. The Morgan fingerprint density at radius 2 is 2.41 bits per heavy atom. The smallest absolute Gasteiger partial charge is 0.338 e. The van der Waals surface area contributed by atoms with Crippen LogP contribution in [0.5, 0.6) is 5.75 Å². The van der Waals surface area contributed by atoms with Crippen molar-refractivity contribution >= 4 is 11.7 Å². The van der Waals surface area contributed by atoms with Crippen molar-refractivity contribution in [3.63, 3.8) is 0 Å². The van der Waals surface area contributed by atoms with Crippen molar-refractivity contribution in [1.82, 2.24) is 0 Å². The Bertz CT molecular complexity index is 413. The quantitative estimate of drug-likeness (QED) is 0.468. The average molecular weight is 237 g/mol. The molecular formula is C12H15NO4. The summed E-state index contributed by atoms with van der Waals surface area (Å²) in [4.78, 5) is 11.7. The number of phenolic OH excluding ortho intramolecular Hbond substituents is 1. The van der Waals surface area contributed by atoms with E-state index in [1.165, 1.54) is 18.2 Å². The maximum absolute atomic E-state index is 11.7. The predicted octanol–water partition coefficient (Wildman–Crippen LogP) is 1.17. The fourth-order valence-corrected chi connectivity index (χ4v) is 1.67. The highest BCUT2D eigenvalue weighted by Gasteiger charge is 2.18. The fraction of sp³-hybridized carbons (Fsp3) is 0.417. The van der Waals surface area contributed by atoms with Crippen LogP contribution >= 0.6 is 0 Å². The number of carbonyl (C=O) groups excluding carboxylic acids is 1. The third kappa shape index (κ3) is 2.88. The van der Waals surface area contributed by atoms with Gasteiger partial charge in [-0.15, -0.1) is 0 Å². The molecule has 1 unspecified atom stereocenters. The van der Waals surface area contributed by atoms with Crippen LogP contribution in [0.1, 0.15) is 16.8 Å². The zero-order chi connectivity index (χ0) is 12.3. The van der Waals surface area contributed by atoms with Gasteiger partial charge in [0.05, 0.1) is 24.5 Å². The molecule has 1 heterocycles. The SMILES string of the molecule is Nc1cc(C(=O)OCC2CCOC2)ccc1O. The van der Waals surface area contributed by atoms with Gasteiger partial charge >= 0.3 is 5.97 Å². The van der Waals surface area contributed by atoms with Gasteiger partial charge in [-0.2, -0.15) is 0 Å². The molecule has 1 aromatic carbocycles. The lowest BCUT2D eigenvalue weighted by molar-refractivity contribution is 0.0428. The van der Waals surface area contributed by atoms with E-state index in [1.54, 1.807) is 0 Å². The van der Waals surface area contributed by atoms with E-state index in [2.05, 4.69) is 0 Å². The number of benzene rings is 1. The number of esters is 1. The van der Waals surface area contributed by atoms with Crippen molar-refractivity contribution in [2.75, 3.05) is 25.6 Å². The molecule has 17 heavy (non-hydrogen) atoms. The van der Waals surface area contributed by atoms with E-state index in [-0.39, 0.29) is 17.4 Å².